The van der Waals surface area contributed by atoms with Crippen molar-refractivity contribution in [2.75, 3.05) is 6.54 Å². The van der Waals surface area contributed by atoms with Crippen molar-refractivity contribution in [3.8, 4) is 0 Å². The number of carbonyl (C=O) groups is 2. The minimum absolute atomic E-state index is 0.143. The number of hydrogen-bond donors (Lipinski definition) is 3. The number of aliphatic carboxylic acids is 1. The van der Waals surface area contributed by atoms with E-state index in [-0.39, 0.29) is 12.3 Å². The minimum Gasteiger partial charge on any atom is -0.481 e. The average molecular weight is 289 g/mol. The molecular formula is C10H13BrN2O3. The summed E-state index contributed by atoms with van der Waals surface area (Å²) in [6.45, 7) is 0.489. The van der Waals surface area contributed by atoms with Crippen LogP contribution in [0.3, 0.4) is 0 Å². The number of unbranched alkanes of at least 4 members (excludes halogenated alkanes) is 1. The van der Waals surface area contributed by atoms with E-state index in [1.165, 1.54) is 0 Å². The molecule has 0 radical (unpaired) electrons. The molecule has 5 nitrogen and oxygen atoms in total. The summed E-state index contributed by atoms with van der Waals surface area (Å²) >= 11 is 3.23. The number of hydrogen-bond acceptors (Lipinski definition) is 2. The highest BCUT2D eigenvalue weighted by molar-refractivity contribution is 9.10. The third-order valence-electron chi connectivity index (χ3n) is 2.00. The molecule has 0 spiro atoms. The molecule has 0 aliphatic heterocycles. The molecule has 0 fully saturated rings. The fourth-order valence-electron chi connectivity index (χ4n) is 1.20. The lowest BCUT2D eigenvalue weighted by Crippen LogP contribution is -2.24. The van der Waals surface area contributed by atoms with E-state index in [0.717, 1.165) is 4.47 Å². The van der Waals surface area contributed by atoms with Gasteiger partial charge in [-0.05, 0) is 34.8 Å². The van der Waals surface area contributed by atoms with E-state index in [2.05, 4.69) is 26.2 Å². The standard InChI is InChI=1S/C10H13BrN2O3/c11-7-5-8(13-6-7)10(16)12-4-2-1-3-9(14)15/h5-6,13H,1-4H2,(H,12,16)(H,14,15). The minimum atomic E-state index is -0.806. The van der Waals surface area contributed by atoms with Crippen LogP contribution in [0.15, 0.2) is 16.7 Å². The Bertz CT molecular complexity index is 376. The number of carboxylic acid groups (broad SMARTS) is 1. The zero-order chi connectivity index (χ0) is 12.0. The van der Waals surface area contributed by atoms with Gasteiger partial charge >= 0.3 is 5.97 Å². The lowest BCUT2D eigenvalue weighted by atomic mass is 10.2. The smallest absolute Gasteiger partial charge is 0.303 e. The number of aromatic nitrogens is 1. The van der Waals surface area contributed by atoms with Crippen LogP contribution in [0.25, 0.3) is 0 Å². The Kier molecular flexibility index (Phi) is 5.04. The lowest BCUT2D eigenvalue weighted by molar-refractivity contribution is -0.137. The maximum absolute atomic E-state index is 11.5. The van der Waals surface area contributed by atoms with Gasteiger partial charge in [-0.2, -0.15) is 0 Å². The summed E-state index contributed by atoms with van der Waals surface area (Å²) in [4.78, 5) is 24.5. The van der Waals surface area contributed by atoms with Gasteiger partial charge in [-0.1, -0.05) is 0 Å². The molecule has 6 heteroatoms. The van der Waals surface area contributed by atoms with E-state index in [4.69, 9.17) is 5.11 Å². The largest absolute Gasteiger partial charge is 0.481 e. The topological polar surface area (TPSA) is 82.2 Å². The highest BCUT2D eigenvalue weighted by Crippen LogP contribution is 2.10. The molecule has 1 heterocycles. The van der Waals surface area contributed by atoms with Crippen molar-refractivity contribution in [1.29, 1.82) is 0 Å². The van der Waals surface area contributed by atoms with E-state index in [9.17, 15) is 9.59 Å². The van der Waals surface area contributed by atoms with Crippen molar-refractivity contribution >= 4 is 27.8 Å². The Morgan fingerprint density at radius 3 is 2.75 bits per heavy atom. The maximum atomic E-state index is 11.5. The van der Waals surface area contributed by atoms with Crippen LogP contribution in [0.2, 0.25) is 0 Å². The number of H-pyrrole nitrogens is 1. The molecule has 0 saturated heterocycles. The molecule has 88 valence electrons. The van der Waals surface area contributed by atoms with Gasteiger partial charge in [0.25, 0.3) is 5.91 Å². The van der Waals surface area contributed by atoms with Gasteiger partial charge < -0.3 is 15.4 Å². The number of halogens is 1. The summed E-state index contributed by atoms with van der Waals surface area (Å²) in [6, 6.07) is 1.69. The number of amides is 1. The fourth-order valence-corrected chi connectivity index (χ4v) is 1.54. The summed E-state index contributed by atoms with van der Waals surface area (Å²) in [7, 11) is 0. The molecule has 0 unspecified atom stereocenters. The molecule has 1 rings (SSSR count). The highest BCUT2D eigenvalue weighted by atomic mass is 79.9. The summed E-state index contributed by atoms with van der Waals surface area (Å²) in [5.74, 6) is -0.986. The van der Waals surface area contributed by atoms with Crippen LogP contribution < -0.4 is 5.32 Å². The number of nitrogens with one attached hydrogen (secondary N) is 2. The first-order chi connectivity index (χ1) is 7.59. The first-order valence-electron chi connectivity index (χ1n) is 4.93. The molecule has 1 amide bonds. The van der Waals surface area contributed by atoms with E-state index >= 15 is 0 Å². The second kappa shape index (κ2) is 6.32. The normalized spacial score (nSPS) is 10.1. The van der Waals surface area contributed by atoms with Crippen LogP contribution in [-0.2, 0) is 4.79 Å². The Hall–Kier alpha value is -1.30. The first-order valence-corrected chi connectivity index (χ1v) is 5.73. The number of rotatable bonds is 6. The molecule has 16 heavy (non-hydrogen) atoms. The molecular weight excluding hydrogens is 276 g/mol. The molecule has 3 N–H and O–H groups in total. The quantitative estimate of drug-likeness (QED) is 0.698. The van der Waals surface area contributed by atoms with Crippen LogP contribution in [0.4, 0.5) is 0 Å². The SMILES string of the molecule is O=C(O)CCCCNC(=O)c1cc(Br)c[nH]1. The van der Waals surface area contributed by atoms with Gasteiger partial charge in [0.05, 0.1) is 0 Å². The Morgan fingerprint density at radius 2 is 2.19 bits per heavy atom. The van der Waals surface area contributed by atoms with Crippen LogP contribution >= 0.6 is 15.9 Å². The second-order valence-electron chi connectivity index (χ2n) is 3.34. The van der Waals surface area contributed by atoms with Crippen LogP contribution in [0, 0.1) is 0 Å². The molecule has 0 saturated carbocycles. The molecule has 0 bridgehead atoms. The predicted octanol–water partition coefficient (Wildman–Crippen LogP) is 1.76. The van der Waals surface area contributed by atoms with Crippen molar-refractivity contribution < 1.29 is 14.7 Å². The fraction of sp³-hybridized carbons (Fsp3) is 0.400. The number of carbonyl (C=O) groups excluding carboxylic acids is 1. The van der Waals surface area contributed by atoms with Crippen molar-refractivity contribution in [2.45, 2.75) is 19.3 Å². The zero-order valence-corrected chi connectivity index (χ0v) is 10.2. The molecule has 0 aliphatic rings. The van der Waals surface area contributed by atoms with Crippen molar-refractivity contribution in [2.24, 2.45) is 0 Å². The van der Waals surface area contributed by atoms with Gasteiger partial charge in [-0.3, -0.25) is 9.59 Å². The Labute approximate surface area is 101 Å². The number of aromatic amines is 1. The summed E-state index contributed by atoms with van der Waals surface area (Å²) < 4.78 is 0.823. The monoisotopic (exact) mass is 288 g/mol. The molecule has 0 atom stereocenters. The Morgan fingerprint density at radius 1 is 1.44 bits per heavy atom. The van der Waals surface area contributed by atoms with Gasteiger partial charge in [0.2, 0.25) is 0 Å². The first kappa shape index (κ1) is 12.8. The van der Waals surface area contributed by atoms with Crippen LogP contribution in [0.1, 0.15) is 29.8 Å². The molecule has 0 aromatic carbocycles. The Balaban J connectivity index is 2.18. The lowest BCUT2D eigenvalue weighted by Gasteiger charge is -2.02. The second-order valence-corrected chi connectivity index (χ2v) is 4.25. The third kappa shape index (κ3) is 4.48. The summed E-state index contributed by atoms with van der Waals surface area (Å²) in [6.07, 6.45) is 3.06. The van der Waals surface area contributed by atoms with E-state index in [1.807, 2.05) is 0 Å². The van der Waals surface area contributed by atoms with Crippen molar-refractivity contribution in [3.63, 3.8) is 0 Å². The molecule has 1 aromatic heterocycles. The summed E-state index contributed by atoms with van der Waals surface area (Å²) in [5.41, 5.74) is 0.491. The maximum Gasteiger partial charge on any atom is 0.303 e. The third-order valence-corrected chi connectivity index (χ3v) is 2.45. The van der Waals surface area contributed by atoms with Crippen molar-refractivity contribution in [1.82, 2.24) is 10.3 Å². The average Bonchev–Trinajstić information content (AvgIpc) is 2.63. The summed E-state index contributed by atoms with van der Waals surface area (Å²) in [5, 5.41) is 11.1. The van der Waals surface area contributed by atoms with E-state index < -0.39 is 5.97 Å². The zero-order valence-electron chi connectivity index (χ0n) is 8.62. The van der Waals surface area contributed by atoms with Crippen molar-refractivity contribution in [3.05, 3.63) is 22.4 Å². The van der Waals surface area contributed by atoms with Gasteiger partial charge in [-0.15, -0.1) is 0 Å². The van der Waals surface area contributed by atoms with Gasteiger partial charge in [0.15, 0.2) is 0 Å². The van der Waals surface area contributed by atoms with E-state index in [1.54, 1.807) is 12.3 Å². The molecule has 1 aromatic rings. The predicted molar refractivity (Wildman–Crippen MR) is 62.3 cm³/mol. The molecule has 0 aliphatic carbocycles. The van der Waals surface area contributed by atoms with Gasteiger partial charge in [0, 0.05) is 23.6 Å². The van der Waals surface area contributed by atoms with Gasteiger partial charge in [-0.25, -0.2) is 0 Å². The number of carboxylic acids is 1. The van der Waals surface area contributed by atoms with Crippen LogP contribution in [-0.4, -0.2) is 28.5 Å². The van der Waals surface area contributed by atoms with Crippen LogP contribution in [0.5, 0.6) is 0 Å². The van der Waals surface area contributed by atoms with E-state index in [0.29, 0.717) is 25.1 Å². The highest BCUT2D eigenvalue weighted by Gasteiger charge is 2.06. The van der Waals surface area contributed by atoms with Gasteiger partial charge in [0.1, 0.15) is 5.69 Å².